The Bertz CT molecular complexity index is 667. The first-order chi connectivity index (χ1) is 9.85. The molecule has 0 N–H and O–H groups in total. The van der Waals surface area contributed by atoms with Crippen molar-refractivity contribution in [2.45, 2.75) is 10.1 Å². The molecule has 0 spiro atoms. The van der Waals surface area contributed by atoms with Gasteiger partial charge in [0.05, 0.1) is 12.9 Å². The molecule has 6 nitrogen and oxygen atoms in total. The highest BCUT2D eigenvalue weighted by Gasteiger charge is 2.10. The molecular formula is C12H10N4O2S2. The summed E-state index contributed by atoms with van der Waals surface area (Å²) in [5.74, 6) is 2.51. The van der Waals surface area contributed by atoms with E-state index in [1.807, 2.05) is 24.3 Å². The normalized spacial score (nSPS) is 10.7. The fourth-order valence-corrected chi connectivity index (χ4v) is 2.85. The molecule has 0 bridgehead atoms. The van der Waals surface area contributed by atoms with E-state index in [9.17, 15) is 0 Å². The molecule has 8 heteroatoms. The van der Waals surface area contributed by atoms with Crippen LogP contribution in [0.2, 0.25) is 0 Å². The molecule has 0 atom stereocenters. The van der Waals surface area contributed by atoms with E-state index in [0.29, 0.717) is 17.5 Å². The molecular weight excluding hydrogens is 296 g/mol. The summed E-state index contributed by atoms with van der Waals surface area (Å²) in [4.78, 5) is 4.35. The minimum Gasteiger partial charge on any atom is -0.497 e. The number of thioether (sulfide) groups is 1. The second kappa shape index (κ2) is 6.02. The second-order valence-corrected chi connectivity index (χ2v) is 5.79. The first-order valence-electron chi connectivity index (χ1n) is 5.71. The molecule has 0 aliphatic heterocycles. The number of nitrogens with zero attached hydrogens (tertiary/aromatic N) is 4. The number of ether oxygens (including phenoxy) is 1. The minimum atomic E-state index is 0.566. The average molecular weight is 306 g/mol. The third-order valence-electron chi connectivity index (χ3n) is 2.48. The van der Waals surface area contributed by atoms with Gasteiger partial charge in [-0.15, -0.1) is 10.2 Å². The molecule has 0 saturated carbocycles. The van der Waals surface area contributed by atoms with Gasteiger partial charge >= 0.3 is 0 Å². The molecule has 0 aliphatic carbocycles. The molecule has 0 amide bonds. The summed E-state index contributed by atoms with van der Waals surface area (Å²) in [7, 11) is 1.63. The zero-order chi connectivity index (χ0) is 13.8. The highest BCUT2D eigenvalue weighted by Crippen LogP contribution is 2.25. The average Bonchev–Trinajstić information content (AvgIpc) is 3.17. The Kier molecular flexibility index (Phi) is 3.93. The van der Waals surface area contributed by atoms with Crippen molar-refractivity contribution in [2.24, 2.45) is 0 Å². The Morgan fingerprint density at radius 3 is 2.85 bits per heavy atom. The predicted molar refractivity (Wildman–Crippen MR) is 75.8 cm³/mol. The lowest BCUT2D eigenvalue weighted by molar-refractivity contribution is 0.391. The van der Waals surface area contributed by atoms with Gasteiger partial charge in [0.2, 0.25) is 11.7 Å². The fourth-order valence-electron chi connectivity index (χ4n) is 1.52. The third-order valence-corrected chi connectivity index (χ3v) is 4.32. The van der Waals surface area contributed by atoms with Crippen molar-refractivity contribution >= 4 is 23.1 Å². The summed E-state index contributed by atoms with van der Waals surface area (Å²) in [6.45, 7) is 0. The van der Waals surface area contributed by atoms with Crippen LogP contribution in [0.4, 0.5) is 0 Å². The van der Waals surface area contributed by atoms with Gasteiger partial charge in [-0.1, -0.05) is 28.3 Å². The Morgan fingerprint density at radius 1 is 1.30 bits per heavy atom. The van der Waals surface area contributed by atoms with E-state index >= 15 is 0 Å². The van der Waals surface area contributed by atoms with Crippen LogP contribution >= 0.6 is 23.1 Å². The van der Waals surface area contributed by atoms with Crippen LogP contribution in [0.3, 0.4) is 0 Å². The van der Waals surface area contributed by atoms with Crippen LogP contribution in [0.15, 0.2) is 38.6 Å². The lowest BCUT2D eigenvalue weighted by atomic mass is 10.2. The number of methoxy groups -OCH3 is 1. The van der Waals surface area contributed by atoms with E-state index in [4.69, 9.17) is 9.26 Å². The maximum atomic E-state index is 5.22. The van der Waals surface area contributed by atoms with E-state index in [0.717, 1.165) is 15.7 Å². The van der Waals surface area contributed by atoms with Gasteiger partial charge in [0.15, 0.2) is 4.34 Å². The molecule has 3 rings (SSSR count). The first-order valence-corrected chi connectivity index (χ1v) is 7.57. The van der Waals surface area contributed by atoms with Crippen molar-refractivity contribution in [2.75, 3.05) is 7.11 Å². The van der Waals surface area contributed by atoms with Crippen molar-refractivity contribution in [1.82, 2.24) is 20.3 Å². The third kappa shape index (κ3) is 2.97. The lowest BCUT2D eigenvalue weighted by Gasteiger charge is -1.98. The van der Waals surface area contributed by atoms with Gasteiger partial charge in [-0.3, -0.25) is 0 Å². The quantitative estimate of drug-likeness (QED) is 0.671. The van der Waals surface area contributed by atoms with E-state index in [1.165, 1.54) is 23.1 Å². The number of aromatic nitrogens is 4. The maximum Gasteiger partial charge on any atom is 0.237 e. The largest absolute Gasteiger partial charge is 0.497 e. The van der Waals surface area contributed by atoms with Gasteiger partial charge < -0.3 is 9.26 Å². The lowest BCUT2D eigenvalue weighted by Crippen LogP contribution is -1.85. The number of hydrogen-bond donors (Lipinski definition) is 0. The van der Waals surface area contributed by atoms with Gasteiger partial charge in [0.25, 0.3) is 0 Å². The molecule has 3 aromatic rings. The number of benzene rings is 1. The van der Waals surface area contributed by atoms with Gasteiger partial charge in [0, 0.05) is 5.56 Å². The highest BCUT2D eigenvalue weighted by molar-refractivity contribution is 8.00. The summed E-state index contributed by atoms with van der Waals surface area (Å²) in [5, 5.41) is 11.7. The van der Waals surface area contributed by atoms with Gasteiger partial charge in [0.1, 0.15) is 11.3 Å². The van der Waals surface area contributed by atoms with Crippen molar-refractivity contribution in [3.8, 4) is 17.1 Å². The van der Waals surface area contributed by atoms with Crippen LogP contribution in [0.25, 0.3) is 11.4 Å². The summed E-state index contributed by atoms with van der Waals surface area (Å²) in [6.07, 6.45) is 0. The monoisotopic (exact) mass is 306 g/mol. The standard InChI is InChI=1S/C12H10N4O2S2/c1-17-9-4-2-8(3-5-9)11-14-10(18-16-11)6-19-12-15-13-7-20-12/h2-5,7H,6H2,1H3. The van der Waals surface area contributed by atoms with Crippen molar-refractivity contribution < 1.29 is 9.26 Å². The number of hydrogen-bond acceptors (Lipinski definition) is 8. The minimum absolute atomic E-state index is 0.566. The van der Waals surface area contributed by atoms with E-state index in [2.05, 4.69) is 20.3 Å². The summed E-state index contributed by atoms with van der Waals surface area (Å²) >= 11 is 3.01. The van der Waals surface area contributed by atoms with Crippen LogP contribution in [0.5, 0.6) is 5.75 Å². The molecule has 0 radical (unpaired) electrons. The van der Waals surface area contributed by atoms with Gasteiger partial charge in [-0.2, -0.15) is 4.98 Å². The van der Waals surface area contributed by atoms with Crippen LogP contribution in [-0.2, 0) is 5.75 Å². The molecule has 102 valence electrons. The van der Waals surface area contributed by atoms with Gasteiger partial charge in [-0.25, -0.2) is 0 Å². The van der Waals surface area contributed by atoms with E-state index < -0.39 is 0 Å². The summed E-state index contributed by atoms with van der Waals surface area (Å²) in [5.41, 5.74) is 2.58. The Balaban J connectivity index is 1.69. The van der Waals surface area contributed by atoms with Crippen molar-refractivity contribution in [3.05, 3.63) is 35.7 Å². The van der Waals surface area contributed by atoms with Crippen LogP contribution in [0.1, 0.15) is 5.89 Å². The number of rotatable bonds is 5. The molecule has 20 heavy (non-hydrogen) atoms. The van der Waals surface area contributed by atoms with Crippen molar-refractivity contribution in [1.29, 1.82) is 0 Å². The SMILES string of the molecule is COc1ccc(-c2noc(CSc3nncs3)n2)cc1. The van der Waals surface area contributed by atoms with Crippen LogP contribution in [-0.4, -0.2) is 27.4 Å². The molecule has 0 saturated heterocycles. The predicted octanol–water partition coefficient (Wildman–Crippen LogP) is 2.89. The van der Waals surface area contributed by atoms with Crippen LogP contribution < -0.4 is 4.74 Å². The van der Waals surface area contributed by atoms with E-state index in [-0.39, 0.29) is 0 Å². The van der Waals surface area contributed by atoms with Crippen LogP contribution in [0, 0.1) is 0 Å². The zero-order valence-electron chi connectivity index (χ0n) is 10.5. The van der Waals surface area contributed by atoms with E-state index in [1.54, 1.807) is 12.6 Å². The molecule has 1 aromatic carbocycles. The Labute approximate surface area is 123 Å². The molecule has 0 unspecified atom stereocenters. The zero-order valence-corrected chi connectivity index (χ0v) is 12.1. The summed E-state index contributed by atoms with van der Waals surface area (Å²) in [6, 6.07) is 7.51. The Morgan fingerprint density at radius 2 is 2.15 bits per heavy atom. The maximum absolute atomic E-state index is 5.22. The molecule has 0 fully saturated rings. The fraction of sp³-hybridized carbons (Fsp3) is 0.167. The molecule has 2 aromatic heterocycles. The van der Waals surface area contributed by atoms with Gasteiger partial charge in [-0.05, 0) is 24.3 Å². The molecule has 0 aliphatic rings. The second-order valence-electron chi connectivity index (χ2n) is 3.73. The Hall–Kier alpha value is -1.93. The summed E-state index contributed by atoms with van der Waals surface area (Å²) < 4.78 is 11.2. The highest BCUT2D eigenvalue weighted by atomic mass is 32.2. The first kappa shape index (κ1) is 13.1. The topological polar surface area (TPSA) is 73.9 Å². The smallest absolute Gasteiger partial charge is 0.237 e. The molecule has 2 heterocycles. The van der Waals surface area contributed by atoms with Crippen molar-refractivity contribution in [3.63, 3.8) is 0 Å².